The highest BCUT2D eigenvalue weighted by Gasteiger charge is 2.36. The van der Waals surface area contributed by atoms with Crippen LogP contribution in [0.5, 0.6) is 0 Å². The molecule has 0 bridgehead atoms. The number of aromatic nitrogens is 3. The second-order valence-electron chi connectivity index (χ2n) is 8.07. The lowest BCUT2D eigenvalue weighted by Gasteiger charge is -2.40. The lowest BCUT2D eigenvalue weighted by Crippen LogP contribution is -2.57. The van der Waals surface area contributed by atoms with Crippen LogP contribution in [0, 0.1) is 4.77 Å². The van der Waals surface area contributed by atoms with Crippen LogP contribution in [0.2, 0.25) is 0 Å². The van der Waals surface area contributed by atoms with Crippen LogP contribution in [0.3, 0.4) is 0 Å². The van der Waals surface area contributed by atoms with E-state index < -0.39 is 10.2 Å². The van der Waals surface area contributed by atoms with Gasteiger partial charge in [-0.05, 0) is 45.1 Å². The van der Waals surface area contributed by atoms with Crippen molar-refractivity contribution in [1.82, 2.24) is 27.9 Å². The molecule has 0 saturated carbocycles. The number of ether oxygens (including phenoxy) is 1. The second kappa shape index (κ2) is 9.12. The van der Waals surface area contributed by atoms with E-state index in [-0.39, 0.29) is 12.2 Å². The van der Waals surface area contributed by atoms with Crippen LogP contribution in [-0.2, 0) is 28.2 Å². The number of piperazine rings is 1. The molecule has 12 heteroatoms. The van der Waals surface area contributed by atoms with Crippen LogP contribution in [0.15, 0.2) is 22.8 Å². The molecular weight excluding hydrogens is 440 g/mol. The third-order valence-electron chi connectivity index (χ3n) is 5.68. The van der Waals surface area contributed by atoms with Crippen molar-refractivity contribution in [2.24, 2.45) is 0 Å². The molecule has 0 radical (unpaired) electrons. The number of furan rings is 1. The maximum Gasteiger partial charge on any atom is 0.282 e. The predicted octanol–water partition coefficient (Wildman–Crippen LogP) is 1.62. The quantitative estimate of drug-likeness (QED) is 0.593. The molecule has 0 amide bonds. The van der Waals surface area contributed by atoms with Crippen molar-refractivity contribution in [1.29, 1.82) is 0 Å². The summed E-state index contributed by atoms with van der Waals surface area (Å²) in [5.74, 6) is 1.38. The minimum Gasteiger partial charge on any atom is -0.461 e. The topological polar surface area (TPSA) is 89.0 Å². The highest BCUT2D eigenvalue weighted by Crippen LogP contribution is 2.21. The van der Waals surface area contributed by atoms with Crippen LogP contribution < -0.4 is 0 Å². The van der Waals surface area contributed by atoms with Crippen LogP contribution in [0.1, 0.15) is 20.8 Å². The highest BCUT2D eigenvalue weighted by atomic mass is 32.2. The van der Waals surface area contributed by atoms with Crippen molar-refractivity contribution in [2.45, 2.75) is 46.2 Å². The Kier molecular flexibility index (Phi) is 6.65. The molecule has 31 heavy (non-hydrogen) atoms. The van der Waals surface area contributed by atoms with E-state index in [0.717, 1.165) is 0 Å². The Morgan fingerprint density at radius 1 is 1.13 bits per heavy atom. The molecule has 0 N–H and O–H groups in total. The molecule has 4 heterocycles. The van der Waals surface area contributed by atoms with E-state index in [1.54, 1.807) is 19.6 Å². The summed E-state index contributed by atoms with van der Waals surface area (Å²) in [6.45, 7) is 9.94. The number of nitrogens with zero attached hydrogens (tertiary/aromatic N) is 6. The molecule has 2 saturated heterocycles. The van der Waals surface area contributed by atoms with E-state index in [0.29, 0.717) is 68.8 Å². The van der Waals surface area contributed by atoms with Gasteiger partial charge in [0.1, 0.15) is 0 Å². The highest BCUT2D eigenvalue weighted by molar-refractivity contribution is 7.86. The lowest BCUT2D eigenvalue weighted by molar-refractivity contribution is -0.0458. The van der Waals surface area contributed by atoms with E-state index in [1.807, 2.05) is 37.5 Å². The van der Waals surface area contributed by atoms with Crippen molar-refractivity contribution in [3.63, 3.8) is 0 Å². The normalized spacial score (nSPS) is 24.6. The fourth-order valence-electron chi connectivity index (χ4n) is 4.18. The molecule has 10 nitrogen and oxygen atoms in total. The molecule has 0 spiro atoms. The maximum atomic E-state index is 13.1. The Morgan fingerprint density at radius 3 is 2.39 bits per heavy atom. The zero-order chi connectivity index (χ0) is 22.2. The molecule has 0 unspecified atom stereocenters. The Bertz CT molecular complexity index is 1030. The molecule has 2 atom stereocenters. The van der Waals surface area contributed by atoms with Crippen LogP contribution >= 0.6 is 12.2 Å². The van der Waals surface area contributed by atoms with Gasteiger partial charge in [0.25, 0.3) is 10.2 Å². The van der Waals surface area contributed by atoms with Gasteiger partial charge in [-0.1, -0.05) is 0 Å². The SMILES string of the molecule is CCn1c(-c2ccco2)nn(CN2CCN(S(=O)(=O)N3C[C@@H](C)O[C@@H](C)C3)CC2)c1=S. The van der Waals surface area contributed by atoms with E-state index in [4.69, 9.17) is 21.4 Å². The minimum atomic E-state index is -3.49. The summed E-state index contributed by atoms with van der Waals surface area (Å²) in [6.07, 6.45) is 1.42. The predicted molar refractivity (Wildman–Crippen MR) is 118 cm³/mol. The molecule has 2 fully saturated rings. The molecule has 4 rings (SSSR count). The van der Waals surface area contributed by atoms with E-state index in [9.17, 15) is 8.42 Å². The summed E-state index contributed by atoms with van der Waals surface area (Å²) < 4.78 is 44.9. The minimum absolute atomic E-state index is 0.0984. The zero-order valence-corrected chi connectivity index (χ0v) is 19.8. The molecule has 2 aliphatic rings. The summed E-state index contributed by atoms with van der Waals surface area (Å²) in [4.78, 5) is 2.17. The monoisotopic (exact) mass is 470 g/mol. The van der Waals surface area contributed by atoms with Gasteiger partial charge in [0.15, 0.2) is 16.4 Å². The summed E-state index contributed by atoms with van der Waals surface area (Å²) >= 11 is 5.61. The summed E-state index contributed by atoms with van der Waals surface area (Å²) in [5, 5.41) is 4.66. The van der Waals surface area contributed by atoms with Crippen LogP contribution in [-0.4, -0.2) is 87.8 Å². The van der Waals surface area contributed by atoms with Gasteiger partial charge in [-0.15, -0.1) is 5.10 Å². The van der Waals surface area contributed by atoms with Crippen LogP contribution in [0.25, 0.3) is 11.6 Å². The van der Waals surface area contributed by atoms with Crippen molar-refractivity contribution in [3.8, 4) is 11.6 Å². The first kappa shape index (κ1) is 22.6. The summed E-state index contributed by atoms with van der Waals surface area (Å²) in [7, 11) is -3.49. The Labute approximate surface area is 188 Å². The fraction of sp³-hybridized carbons (Fsp3) is 0.684. The molecule has 2 aliphatic heterocycles. The van der Waals surface area contributed by atoms with Gasteiger partial charge < -0.3 is 9.15 Å². The summed E-state index contributed by atoms with van der Waals surface area (Å²) in [6, 6.07) is 3.69. The Hall–Kier alpha value is -1.57. The Balaban J connectivity index is 1.41. The van der Waals surface area contributed by atoms with Crippen LogP contribution in [0.4, 0.5) is 0 Å². The van der Waals surface area contributed by atoms with E-state index >= 15 is 0 Å². The van der Waals surface area contributed by atoms with Crippen molar-refractivity contribution in [3.05, 3.63) is 23.2 Å². The molecule has 2 aromatic rings. The first-order valence-corrected chi connectivity index (χ1v) is 12.4. The summed E-state index contributed by atoms with van der Waals surface area (Å²) in [5.41, 5.74) is 0. The number of rotatable bonds is 6. The maximum absolute atomic E-state index is 13.1. The number of hydrogen-bond acceptors (Lipinski definition) is 7. The average Bonchev–Trinajstić information content (AvgIpc) is 3.36. The van der Waals surface area contributed by atoms with Gasteiger partial charge in [0, 0.05) is 45.8 Å². The fourth-order valence-corrected chi connectivity index (χ4v) is 6.24. The first-order valence-electron chi connectivity index (χ1n) is 10.6. The van der Waals surface area contributed by atoms with Crippen molar-refractivity contribution in [2.75, 3.05) is 39.3 Å². The van der Waals surface area contributed by atoms with Gasteiger partial charge in [-0.2, -0.15) is 17.0 Å². The third kappa shape index (κ3) is 4.64. The lowest BCUT2D eigenvalue weighted by atomic mass is 10.3. The molecule has 172 valence electrons. The average molecular weight is 471 g/mol. The van der Waals surface area contributed by atoms with E-state index in [2.05, 4.69) is 10.00 Å². The zero-order valence-electron chi connectivity index (χ0n) is 18.2. The second-order valence-corrected chi connectivity index (χ2v) is 10.4. The standard InChI is InChI=1S/C19H30N6O4S2/c1-4-24-18(17-6-5-11-28-17)20-25(19(24)30)14-21-7-9-22(10-8-21)31(26,27)23-12-15(2)29-16(3)13-23/h5-6,11,15-16H,4,7-10,12-14H2,1-3H3/t15-,16+. The number of morpholine rings is 1. The smallest absolute Gasteiger partial charge is 0.282 e. The molecule has 0 aliphatic carbocycles. The first-order chi connectivity index (χ1) is 14.8. The van der Waals surface area contributed by atoms with Gasteiger partial charge in [0.2, 0.25) is 0 Å². The van der Waals surface area contributed by atoms with Gasteiger partial charge in [-0.25, -0.2) is 4.68 Å². The third-order valence-corrected chi connectivity index (χ3v) is 8.08. The Morgan fingerprint density at radius 2 is 1.81 bits per heavy atom. The van der Waals surface area contributed by atoms with Gasteiger partial charge in [0.05, 0.1) is 25.1 Å². The molecule has 0 aromatic carbocycles. The van der Waals surface area contributed by atoms with Gasteiger partial charge >= 0.3 is 0 Å². The van der Waals surface area contributed by atoms with Crippen molar-refractivity contribution < 1.29 is 17.6 Å². The van der Waals surface area contributed by atoms with E-state index in [1.165, 1.54) is 0 Å². The molecular formula is C19H30N6O4S2. The molecule has 2 aromatic heterocycles. The van der Waals surface area contributed by atoms with Gasteiger partial charge in [-0.3, -0.25) is 9.47 Å². The number of hydrogen-bond donors (Lipinski definition) is 0. The van der Waals surface area contributed by atoms with Crippen molar-refractivity contribution >= 4 is 22.4 Å². The largest absolute Gasteiger partial charge is 0.461 e.